The maximum Gasteiger partial charge on any atom is 0.0798 e. The van der Waals surface area contributed by atoms with Gasteiger partial charge in [0.25, 0.3) is 0 Å². The van der Waals surface area contributed by atoms with Crippen LogP contribution in [0.4, 0.5) is 0 Å². The molecule has 0 aliphatic carbocycles. The van der Waals surface area contributed by atoms with Gasteiger partial charge in [0.15, 0.2) is 0 Å². The van der Waals surface area contributed by atoms with E-state index in [1.807, 2.05) is 12.4 Å². The summed E-state index contributed by atoms with van der Waals surface area (Å²) in [5, 5.41) is 13.1. The van der Waals surface area contributed by atoms with Gasteiger partial charge in [-0.05, 0) is 26.2 Å². The van der Waals surface area contributed by atoms with Crippen LogP contribution in [0.3, 0.4) is 0 Å². The van der Waals surface area contributed by atoms with E-state index < -0.39 is 0 Å². The Bertz CT molecular complexity index is 312. The number of hydrogen-bond acceptors (Lipinski definition) is 4. The molecule has 0 fully saturated rings. The van der Waals surface area contributed by atoms with Gasteiger partial charge in [-0.3, -0.25) is 0 Å². The molecular formula is C12H22N2OS. The third-order valence-electron chi connectivity index (χ3n) is 2.58. The molecular weight excluding hydrogens is 220 g/mol. The maximum atomic E-state index is 9.76. The number of aliphatic hydroxyl groups is 1. The van der Waals surface area contributed by atoms with Crippen LogP contribution in [0.15, 0.2) is 5.51 Å². The fourth-order valence-corrected chi connectivity index (χ4v) is 2.59. The Morgan fingerprint density at radius 1 is 1.44 bits per heavy atom. The van der Waals surface area contributed by atoms with Gasteiger partial charge in [-0.1, -0.05) is 13.8 Å². The first-order valence-corrected chi connectivity index (χ1v) is 6.70. The van der Waals surface area contributed by atoms with Crippen LogP contribution in [-0.2, 0) is 0 Å². The molecule has 0 aliphatic heterocycles. The zero-order valence-corrected chi connectivity index (χ0v) is 11.3. The molecule has 3 nitrogen and oxygen atoms in total. The number of rotatable bonds is 6. The van der Waals surface area contributed by atoms with Crippen molar-refractivity contribution in [2.24, 2.45) is 5.92 Å². The lowest BCUT2D eigenvalue weighted by Crippen LogP contribution is -2.29. The third-order valence-corrected chi connectivity index (χ3v) is 3.69. The Morgan fingerprint density at radius 3 is 2.62 bits per heavy atom. The fraction of sp³-hybridized carbons (Fsp3) is 0.750. The highest BCUT2D eigenvalue weighted by atomic mass is 32.1. The summed E-state index contributed by atoms with van der Waals surface area (Å²) in [7, 11) is 0. The normalized spacial score (nSPS) is 15.4. The maximum absolute atomic E-state index is 9.76. The Balaban J connectivity index is 2.35. The predicted molar refractivity (Wildman–Crippen MR) is 68.7 cm³/mol. The van der Waals surface area contributed by atoms with Crippen molar-refractivity contribution in [3.8, 4) is 0 Å². The molecule has 1 heterocycles. The van der Waals surface area contributed by atoms with E-state index in [1.165, 1.54) is 4.88 Å². The zero-order valence-electron chi connectivity index (χ0n) is 10.5. The van der Waals surface area contributed by atoms with E-state index in [0.29, 0.717) is 12.5 Å². The van der Waals surface area contributed by atoms with Gasteiger partial charge in [0, 0.05) is 17.5 Å². The Morgan fingerprint density at radius 2 is 2.12 bits per heavy atom. The zero-order chi connectivity index (χ0) is 12.1. The molecule has 0 saturated carbocycles. The van der Waals surface area contributed by atoms with Crippen LogP contribution < -0.4 is 5.32 Å². The monoisotopic (exact) mass is 242 g/mol. The highest BCUT2D eigenvalue weighted by Crippen LogP contribution is 2.20. The molecule has 1 aromatic heterocycles. The molecule has 2 N–H and O–H groups in total. The number of nitrogens with one attached hydrogen (secondary N) is 1. The smallest absolute Gasteiger partial charge is 0.0798 e. The molecule has 4 heteroatoms. The van der Waals surface area contributed by atoms with Gasteiger partial charge in [-0.2, -0.15) is 0 Å². The minimum atomic E-state index is -0.254. The summed E-state index contributed by atoms with van der Waals surface area (Å²) in [5.41, 5.74) is 2.95. The molecule has 0 amide bonds. The molecule has 2 atom stereocenters. The summed E-state index contributed by atoms with van der Waals surface area (Å²) >= 11 is 1.67. The number of aryl methyl sites for hydroxylation is 1. The average Bonchev–Trinajstić information content (AvgIpc) is 2.60. The van der Waals surface area contributed by atoms with Crippen LogP contribution >= 0.6 is 11.3 Å². The van der Waals surface area contributed by atoms with E-state index in [-0.39, 0.29) is 12.1 Å². The quantitative estimate of drug-likeness (QED) is 0.805. The summed E-state index contributed by atoms with van der Waals surface area (Å²) in [6.45, 7) is 9.04. The fourth-order valence-electron chi connectivity index (χ4n) is 1.76. The van der Waals surface area contributed by atoms with Crippen molar-refractivity contribution in [1.82, 2.24) is 10.3 Å². The van der Waals surface area contributed by atoms with Gasteiger partial charge in [-0.25, -0.2) is 4.98 Å². The largest absolute Gasteiger partial charge is 0.392 e. The molecule has 1 rings (SSSR count). The lowest BCUT2D eigenvalue weighted by Gasteiger charge is -2.17. The minimum Gasteiger partial charge on any atom is -0.392 e. The van der Waals surface area contributed by atoms with E-state index in [2.05, 4.69) is 31.1 Å². The summed E-state index contributed by atoms with van der Waals surface area (Å²) < 4.78 is 0. The molecule has 0 bridgehead atoms. The van der Waals surface area contributed by atoms with Crippen molar-refractivity contribution in [1.29, 1.82) is 0 Å². The number of aromatic nitrogens is 1. The third kappa shape index (κ3) is 4.20. The lowest BCUT2D eigenvalue weighted by molar-refractivity contribution is 0.143. The molecule has 2 unspecified atom stereocenters. The van der Waals surface area contributed by atoms with E-state index in [9.17, 15) is 5.11 Å². The Labute approximate surface area is 102 Å². The van der Waals surface area contributed by atoms with Crippen LogP contribution in [0.5, 0.6) is 0 Å². The first-order valence-electron chi connectivity index (χ1n) is 5.82. The second-order valence-electron chi connectivity index (χ2n) is 4.72. The van der Waals surface area contributed by atoms with Crippen molar-refractivity contribution in [2.45, 2.75) is 46.3 Å². The molecule has 0 aromatic carbocycles. The van der Waals surface area contributed by atoms with Gasteiger partial charge in [0.1, 0.15) is 0 Å². The first kappa shape index (κ1) is 13.6. The van der Waals surface area contributed by atoms with Crippen LogP contribution in [0.25, 0.3) is 0 Å². The molecule has 16 heavy (non-hydrogen) atoms. The first-order chi connectivity index (χ1) is 7.50. The standard InChI is InChI=1S/C12H22N2OS/c1-8(2)5-11(15)6-13-9(3)12-10(4)14-7-16-12/h7-9,11,13,15H,5-6H2,1-4H3. The van der Waals surface area contributed by atoms with Gasteiger partial charge >= 0.3 is 0 Å². The van der Waals surface area contributed by atoms with E-state index in [0.717, 1.165) is 12.1 Å². The van der Waals surface area contributed by atoms with Gasteiger partial charge < -0.3 is 10.4 Å². The van der Waals surface area contributed by atoms with Crippen LogP contribution in [0.2, 0.25) is 0 Å². The molecule has 0 saturated heterocycles. The number of nitrogens with zero attached hydrogens (tertiary/aromatic N) is 1. The van der Waals surface area contributed by atoms with Gasteiger partial charge in [-0.15, -0.1) is 11.3 Å². The summed E-state index contributed by atoms with van der Waals surface area (Å²) in [5.74, 6) is 0.539. The minimum absolute atomic E-state index is 0.254. The number of aliphatic hydroxyl groups excluding tert-OH is 1. The summed E-state index contributed by atoms with van der Waals surface area (Å²) in [6.07, 6.45) is 0.595. The molecule has 0 radical (unpaired) electrons. The van der Waals surface area contributed by atoms with E-state index >= 15 is 0 Å². The predicted octanol–water partition coefficient (Wildman–Crippen LogP) is 2.51. The Kier molecular flexibility index (Phi) is 5.38. The molecule has 0 aliphatic rings. The number of thiazole rings is 1. The number of hydrogen-bond donors (Lipinski definition) is 2. The highest BCUT2D eigenvalue weighted by molar-refractivity contribution is 7.09. The molecule has 1 aromatic rings. The van der Waals surface area contributed by atoms with Crippen molar-refractivity contribution in [3.63, 3.8) is 0 Å². The van der Waals surface area contributed by atoms with Crippen molar-refractivity contribution in [2.75, 3.05) is 6.54 Å². The van der Waals surface area contributed by atoms with Crippen molar-refractivity contribution < 1.29 is 5.11 Å². The second kappa shape index (κ2) is 6.33. The van der Waals surface area contributed by atoms with Crippen LogP contribution in [-0.4, -0.2) is 22.7 Å². The SMILES string of the molecule is Cc1ncsc1C(C)NCC(O)CC(C)C. The van der Waals surface area contributed by atoms with Crippen molar-refractivity contribution in [3.05, 3.63) is 16.1 Å². The molecule has 0 spiro atoms. The second-order valence-corrected chi connectivity index (χ2v) is 5.60. The van der Waals surface area contributed by atoms with Gasteiger partial charge in [0.2, 0.25) is 0 Å². The van der Waals surface area contributed by atoms with Gasteiger partial charge in [0.05, 0.1) is 17.3 Å². The lowest BCUT2D eigenvalue weighted by atomic mass is 10.1. The molecule has 92 valence electrons. The van der Waals surface area contributed by atoms with Crippen LogP contribution in [0.1, 0.15) is 43.8 Å². The average molecular weight is 242 g/mol. The Hall–Kier alpha value is -0.450. The van der Waals surface area contributed by atoms with E-state index in [4.69, 9.17) is 0 Å². The highest BCUT2D eigenvalue weighted by Gasteiger charge is 2.13. The van der Waals surface area contributed by atoms with Crippen molar-refractivity contribution >= 4 is 11.3 Å². The van der Waals surface area contributed by atoms with Crippen LogP contribution in [0, 0.1) is 12.8 Å². The summed E-state index contributed by atoms with van der Waals surface area (Å²) in [6, 6.07) is 0.273. The topological polar surface area (TPSA) is 45.2 Å². The summed E-state index contributed by atoms with van der Waals surface area (Å²) in [4.78, 5) is 5.49. The van der Waals surface area contributed by atoms with E-state index in [1.54, 1.807) is 11.3 Å².